The topological polar surface area (TPSA) is 38.7 Å². The molecule has 6 aromatic carbocycles. The summed E-state index contributed by atoms with van der Waals surface area (Å²) in [6.45, 7) is 4.69. The highest BCUT2D eigenvalue weighted by atomic mass is 14.8. The third kappa shape index (κ3) is 6.10. The summed E-state index contributed by atoms with van der Waals surface area (Å²) in [6.07, 6.45) is 6.89. The molecule has 0 saturated heterocycles. The monoisotopic (exact) mass is 715 g/mol. The largest absolute Gasteiger partial charge is 0.255 e. The van der Waals surface area contributed by atoms with E-state index < -0.39 is 0 Å². The maximum atomic E-state index is 5.01. The number of pyridine rings is 3. The van der Waals surface area contributed by atoms with Crippen LogP contribution in [0.1, 0.15) is 28.2 Å². The molecule has 3 aromatic heterocycles. The molecule has 0 bridgehead atoms. The van der Waals surface area contributed by atoms with Crippen molar-refractivity contribution in [3.63, 3.8) is 0 Å². The predicted octanol–water partition coefficient (Wildman–Crippen LogP) is 13.2. The molecule has 0 amide bonds. The van der Waals surface area contributed by atoms with Crippen LogP contribution in [-0.4, -0.2) is 15.0 Å². The molecular weight excluding hydrogens is 679 g/mol. The number of fused-ring (bicyclic) bond motifs is 4. The minimum absolute atomic E-state index is 0.0674. The van der Waals surface area contributed by atoms with E-state index in [0.29, 0.717) is 0 Å². The van der Waals surface area contributed by atoms with Gasteiger partial charge in [0.1, 0.15) is 0 Å². The van der Waals surface area contributed by atoms with Crippen LogP contribution in [0.4, 0.5) is 0 Å². The number of rotatable bonds is 6. The fourth-order valence-electron chi connectivity index (χ4n) is 8.34. The molecule has 0 saturated carbocycles. The van der Waals surface area contributed by atoms with Crippen molar-refractivity contribution in [1.82, 2.24) is 15.0 Å². The van der Waals surface area contributed by atoms with Crippen LogP contribution < -0.4 is 0 Å². The van der Waals surface area contributed by atoms with Crippen molar-refractivity contribution in [2.24, 2.45) is 0 Å². The van der Waals surface area contributed by atoms with Gasteiger partial charge < -0.3 is 0 Å². The Balaban J connectivity index is 1.06. The molecule has 9 aromatic rings. The average Bonchev–Trinajstić information content (AvgIpc) is 3.43. The van der Waals surface area contributed by atoms with Gasteiger partial charge in [0.15, 0.2) is 0 Å². The minimum Gasteiger partial charge on any atom is -0.255 e. The Morgan fingerprint density at radius 3 is 1.70 bits per heavy atom. The molecular formula is C53H37N3. The first-order valence-corrected chi connectivity index (χ1v) is 19.1. The molecule has 3 heteroatoms. The molecule has 1 aliphatic rings. The normalized spacial score (nSPS) is 14.0. The molecule has 0 aliphatic heterocycles. The maximum Gasteiger partial charge on any atom is 0.0900 e. The summed E-state index contributed by atoms with van der Waals surface area (Å²) < 4.78 is 0. The maximum absolute atomic E-state index is 5.01. The molecule has 3 heterocycles. The first-order valence-electron chi connectivity index (χ1n) is 19.1. The fourth-order valence-corrected chi connectivity index (χ4v) is 8.34. The second kappa shape index (κ2) is 14.2. The third-order valence-electron chi connectivity index (χ3n) is 11.1. The van der Waals surface area contributed by atoms with Gasteiger partial charge in [0.25, 0.3) is 0 Å². The zero-order valence-electron chi connectivity index (χ0n) is 30.8. The van der Waals surface area contributed by atoms with Gasteiger partial charge in [-0.25, -0.2) is 4.98 Å². The molecule has 10 rings (SSSR count). The van der Waals surface area contributed by atoms with E-state index in [9.17, 15) is 0 Å². The Bertz CT molecular complexity index is 2870. The fraction of sp³-hybridized carbons (Fsp3) is 0.0377. The van der Waals surface area contributed by atoms with Crippen LogP contribution in [0, 0.1) is 0 Å². The highest BCUT2D eigenvalue weighted by molar-refractivity contribution is 6.05. The second-order valence-electron chi connectivity index (χ2n) is 14.5. The van der Waals surface area contributed by atoms with Crippen molar-refractivity contribution in [1.29, 1.82) is 0 Å². The smallest absolute Gasteiger partial charge is 0.0900 e. The number of nitrogens with zero attached hydrogens (tertiary/aromatic N) is 3. The average molecular weight is 716 g/mol. The molecule has 3 nitrogen and oxygen atoms in total. The Morgan fingerprint density at radius 1 is 0.464 bits per heavy atom. The van der Waals surface area contributed by atoms with Gasteiger partial charge in [-0.15, -0.1) is 0 Å². The summed E-state index contributed by atoms with van der Waals surface area (Å²) in [4.78, 5) is 14.3. The Kier molecular flexibility index (Phi) is 8.46. The van der Waals surface area contributed by atoms with Crippen LogP contribution in [-0.2, 0) is 6.42 Å². The predicted molar refractivity (Wildman–Crippen MR) is 232 cm³/mol. The summed E-state index contributed by atoms with van der Waals surface area (Å²) in [7, 11) is 0. The van der Waals surface area contributed by atoms with Crippen molar-refractivity contribution in [2.45, 2.75) is 12.3 Å². The zero-order chi connectivity index (χ0) is 37.4. The van der Waals surface area contributed by atoms with Crippen molar-refractivity contribution in [3.05, 3.63) is 229 Å². The van der Waals surface area contributed by atoms with Crippen LogP contribution in [0.3, 0.4) is 0 Å². The summed E-state index contributed by atoms with van der Waals surface area (Å²) in [5.74, 6) is 0.0674. The Morgan fingerprint density at radius 2 is 1.05 bits per heavy atom. The summed E-state index contributed by atoms with van der Waals surface area (Å²) >= 11 is 0. The summed E-state index contributed by atoms with van der Waals surface area (Å²) in [6, 6.07) is 62.6. The van der Waals surface area contributed by atoms with Gasteiger partial charge in [-0.05, 0) is 114 Å². The molecule has 56 heavy (non-hydrogen) atoms. The molecule has 264 valence electrons. The molecule has 1 aliphatic carbocycles. The van der Waals surface area contributed by atoms with Crippen LogP contribution >= 0.6 is 0 Å². The molecule has 1 atom stereocenters. The number of benzene rings is 6. The van der Waals surface area contributed by atoms with E-state index in [1.165, 1.54) is 66.1 Å². The van der Waals surface area contributed by atoms with Gasteiger partial charge in [0.05, 0.1) is 22.8 Å². The van der Waals surface area contributed by atoms with E-state index in [2.05, 4.69) is 156 Å². The number of hydrogen-bond donors (Lipinski definition) is 0. The number of aromatic nitrogens is 3. The van der Waals surface area contributed by atoms with Crippen LogP contribution in [0.15, 0.2) is 207 Å². The van der Waals surface area contributed by atoms with Crippen molar-refractivity contribution >= 4 is 27.1 Å². The first-order chi connectivity index (χ1) is 27.7. The quantitative estimate of drug-likeness (QED) is 0.161. The Hall–Kier alpha value is -7.23. The molecule has 0 N–H and O–H groups in total. The lowest BCUT2D eigenvalue weighted by atomic mass is 9.87. The highest BCUT2D eigenvalue weighted by Crippen LogP contribution is 2.43. The first kappa shape index (κ1) is 33.3. The van der Waals surface area contributed by atoms with Gasteiger partial charge in [-0.3, -0.25) is 9.97 Å². The third-order valence-corrected chi connectivity index (χ3v) is 11.1. The zero-order valence-corrected chi connectivity index (χ0v) is 30.8. The summed E-state index contributed by atoms with van der Waals surface area (Å²) in [5, 5.41) is 4.91. The lowest BCUT2D eigenvalue weighted by Crippen LogP contribution is -2.01. The van der Waals surface area contributed by atoms with Gasteiger partial charge >= 0.3 is 0 Å². The minimum atomic E-state index is 0.0674. The SMILES string of the molecule is C=C1Cc2ccc3ccccc3c2C(c2ccccc2)=CC1c1ccc(-c2ccc(-c3cc(-c4ccccn4)nc(-c4ccccn4)c3)c3ccccc23)cc1. The Labute approximate surface area is 327 Å². The number of hydrogen-bond acceptors (Lipinski definition) is 3. The molecule has 0 spiro atoms. The lowest BCUT2D eigenvalue weighted by molar-refractivity contribution is 0.947. The van der Waals surface area contributed by atoms with Crippen LogP contribution in [0.25, 0.3) is 72.1 Å². The van der Waals surface area contributed by atoms with Crippen LogP contribution in [0.5, 0.6) is 0 Å². The van der Waals surface area contributed by atoms with Crippen molar-refractivity contribution in [2.75, 3.05) is 0 Å². The second-order valence-corrected chi connectivity index (χ2v) is 14.5. The van der Waals surface area contributed by atoms with Gasteiger partial charge in [0.2, 0.25) is 0 Å². The van der Waals surface area contributed by atoms with E-state index in [-0.39, 0.29) is 5.92 Å². The molecule has 1 unspecified atom stereocenters. The summed E-state index contributed by atoms with van der Waals surface area (Å²) in [5.41, 5.74) is 15.4. The van der Waals surface area contributed by atoms with Crippen molar-refractivity contribution in [3.8, 4) is 45.0 Å². The number of allylic oxidation sites excluding steroid dienone is 2. The van der Waals surface area contributed by atoms with E-state index in [0.717, 1.165) is 40.3 Å². The standard InChI is InChI=1S/C53H37N3/c1-35-31-40-26-25-37-15-5-6-16-44(37)53(40)48(36-13-3-2-4-14-36)34-47(35)39-23-21-38(22-24-39)42-27-28-43(46-18-8-7-17-45(42)46)41-32-51(49-19-9-11-29-54-49)56-52(33-41)50-20-10-12-30-55-50/h2-30,32-34,47H,1,31H2. The van der Waals surface area contributed by atoms with E-state index in [1.807, 2.05) is 48.8 Å². The molecule has 0 radical (unpaired) electrons. The van der Waals surface area contributed by atoms with Gasteiger partial charge in [-0.2, -0.15) is 0 Å². The van der Waals surface area contributed by atoms with Crippen LogP contribution in [0.2, 0.25) is 0 Å². The highest BCUT2D eigenvalue weighted by Gasteiger charge is 2.24. The van der Waals surface area contributed by atoms with Gasteiger partial charge in [-0.1, -0.05) is 158 Å². The van der Waals surface area contributed by atoms with E-state index in [4.69, 9.17) is 11.6 Å². The molecule has 0 fully saturated rings. The lowest BCUT2D eigenvalue weighted by Gasteiger charge is -2.17. The van der Waals surface area contributed by atoms with E-state index in [1.54, 1.807) is 0 Å². The van der Waals surface area contributed by atoms with E-state index >= 15 is 0 Å². The van der Waals surface area contributed by atoms with Crippen molar-refractivity contribution < 1.29 is 0 Å². The van der Waals surface area contributed by atoms with Gasteiger partial charge in [0, 0.05) is 18.3 Å².